The molecule has 1 heterocycles. The van der Waals surface area contributed by atoms with Crippen molar-refractivity contribution in [2.75, 3.05) is 19.0 Å². The highest BCUT2D eigenvalue weighted by atomic mass is 35.5. The highest BCUT2D eigenvalue weighted by molar-refractivity contribution is 6.31. The maximum absolute atomic E-state index is 12.9. The summed E-state index contributed by atoms with van der Waals surface area (Å²) < 4.78 is 5.43. The van der Waals surface area contributed by atoms with Crippen molar-refractivity contribution in [1.82, 2.24) is 10.3 Å². The number of para-hydroxylation sites is 1. The van der Waals surface area contributed by atoms with Gasteiger partial charge in [0.1, 0.15) is 5.75 Å². The number of nitrogens with zero attached hydrogens (tertiary/aromatic N) is 1. The van der Waals surface area contributed by atoms with Crippen molar-refractivity contribution in [1.29, 1.82) is 0 Å². The lowest BCUT2D eigenvalue weighted by Crippen LogP contribution is -2.36. The zero-order valence-corrected chi connectivity index (χ0v) is 19.2. The van der Waals surface area contributed by atoms with Crippen LogP contribution in [-0.4, -0.2) is 30.5 Å². The number of carbonyl (C=O) groups excluding carboxylic acids is 1. The summed E-state index contributed by atoms with van der Waals surface area (Å²) in [6.07, 6.45) is 2.71. The van der Waals surface area contributed by atoms with Crippen molar-refractivity contribution in [3.05, 3.63) is 94.6 Å². The van der Waals surface area contributed by atoms with Gasteiger partial charge in [0, 0.05) is 34.2 Å². The first kappa shape index (κ1) is 22.4. The molecule has 3 aromatic carbocycles. The molecule has 168 valence electrons. The lowest BCUT2D eigenvalue weighted by atomic mass is 10.1. The van der Waals surface area contributed by atoms with Crippen LogP contribution in [0.2, 0.25) is 5.02 Å². The van der Waals surface area contributed by atoms with Crippen molar-refractivity contribution in [2.24, 2.45) is 4.99 Å². The number of rotatable bonds is 6. The van der Waals surface area contributed by atoms with Gasteiger partial charge >= 0.3 is 0 Å². The molecule has 3 N–H and O–H groups in total. The molecule has 0 bridgehead atoms. The van der Waals surface area contributed by atoms with Crippen molar-refractivity contribution in [2.45, 2.75) is 13.3 Å². The number of anilines is 1. The Kier molecular flexibility index (Phi) is 6.95. The Labute approximate surface area is 197 Å². The first-order valence-electron chi connectivity index (χ1n) is 10.6. The van der Waals surface area contributed by atoms with Gasteiger partial charge < -0.3 is 15.0 Å². The number of nitrogens with one attached hydrogen (secondary N) is 3. The fourth-order valence-electron chi connectivity index (χ4n) is 3.61. The highest BCUT2D eigenvalue weighted by Crippen LogP contribution is 2.27. The molecule has 0 aliphatic carbocycles. The van der Waals surface area contributed by atoms with Gasteiger partial charge in [-0.05, 0) is 55.3 Å². The fraction of sp³-hybridized carbons (Fsp3) is 0.154. The van der Waals surface area contributed by atoms with Crippen LogP contribution in [0.1, 0.15) is 21.5 Å². The minimum Gasteiger partial charge on any atom is -0.495 e. The summed E-state index contributed by atoms with van der Waals surface area (Å²) in [5.74, 6) is 0.661. The van der Waals surface area contributed by atoms with E-state index in [2.05, 4.69) is 26.7 Å². The molecule has 0 saturated heterocycles. The van der Waals surface area contributed by atoms with E-state index in [0.29, 0.717) is 40.9 Å². The number of H-pyrrole nitrogens is 1. The standard InChI is InChI=1S/C26H25ClN4O2/c1-17-6-5-7-18(14-17)25(32)31-26(30-23-15-20(27)10-11-24(23)33-2)28-13-12-19-16-29-22-9-4-3-8-21(19)22/h3-11,14-16,29H,12-13H2,1-2H3,(H2,28,30,31,32). The van der Waals surface area contributed by atoms with Crippen LogP contribution in [0.25, 0.3) is 10.9 Å². The average Bonchev–Trinajstić information content (AvgIpc) is 3.22. The van der Waals surface area contributed by atoms with Crippen LogP contribution in [0.5, 0.6) is 5.75 Å². The highest BCUT2D eigenvalue weighted by Gasteiger charge is 2.12. The van der Waals surface area contributed by atoms with Crippen molar-refractivity contribution in [3.8, 4) is 5.75 Å². The summed E-state index contributed by atoms with van der Waals surface area (Å²) in [6, 6.07) is 20.8. The van der Waals surface area contributed by atoms with Gasteiger partial charge in [-0.15, -0.1) is 0 Å². The molecule has 33 heavy (non-hydrogen) atoms. The van der Waals surface area contributed by atoms with E-state index in [0.717, 1.165) is 11.1 Å². The number of guanidine groups is 1. The molecule has 0 saturated carbocycles. The minimum absolute atomic E-state index is 0.252. The van der Waals surface area contributed by atoms with Crippen LogP contribution in [0.4, 0.5) is 5.69 Å². The van der Waals surface area contributed by atoms with E-state index in [1.165, 1.54) is 10.9 Å². The van der Waals surface area contributed by atoms with Gasteiger partial charge in [-0.25, -0.2) is 0 Å². The van der Waals surface area contributed by atoms with Gasteiger partial charge in [-0.1, -0.05) is 47.5 Å². The molecule has 1 amide bonds. The molecule has 6 nitrogen and oxygen atoms in total. The molecule has 0 radical (unpaired) electrons. The second-order valence-corrected chi connectivity index (χ2v) is 8.07. The normalized spacial score (nSPS) is 11.4. The molecule has 1 aromatic heterocycles. The number of aryl methyl sites for hydroxylation is 1. The quantitative estimate of drug-likeness (QED) is 0.259. The van der Waals surface area contributed by atoms with Gasteiger partial charge in [-0.2, -0.15) is 0 Å². The molecule has 0 fully saturated rings. The minimum atomic E-state index is -0.252. The first-order valence-corrected chi connectivity index (χ1v) is 11.0. The van der Waals surface area contributed by atoms with E-state index < -0.39 is 0 Å². The third-order valence-corrected chi connectivity index (χ3v) is 5.49. The van der Waals surface area contributed by atoms with Crippen LogP contribution in [-0.2, 0) is 6.42 Å². The Morgan fingerprint density at radius 2 is 1.94 bits per heavy atom. The lowest BCUT2D eigenvalue weighted by molar-refractivity contribution is 0.0977. The van der Waals surface area contributed by atoms with E-state index in [1.807, 2.05) is 49.5 Å². The third kappa shape index (κ3) is 5.54. The van der Waals surface area contributed by atoms with Crippen LogP contribution < -0.4 is 15.4 Å². The Morgan fingerprint density at radius 3 is 2.76 bits per heavy atom. The predicted molar refractivity (Wildman–Crippen MR) is 135 cm³/mol. The van der Waals surface area contributed by atoms with E-state index in [1.54, 1.807) is 31.4 Å². The molecule has 7 heteroatoms. The van der Waals surface area contributed by atoms with E-state index in [9.17, 15) is 4.79 Å². The second kappa shape index (κ2) is 10.2. The third-order valence-electron chi connectivity index (χ3n) is 5.25. The Morgan fingerprint density at radius 1 is 1.09 bits per heavy atom. The molecule has 0 spiro atoms. The molecule has 0 aliphatic heterocycles. The van der Waals surface area contributed by atoms with Crippen molar-refractivity contribution < 1.29 is 9.53 Å². The SMILES string of the molecule is COc1ccc(Cl)cc1NC(=NCCc1c[nH]c2ccccc12)NC(=O)c1cccc(C)c1. The molecule has 0 unspecified atom stereocenters. The summed E-state index contributed by atoms with van der Waals surface area (Å²) in [4.78, 5) is 20.8. The number of amides is 1. The smallest absolute Gasteiger partial charge is 0.257 e. The summed E-state index contributed by atoms with van der Waals surface area (Å²) in [5.41, 5.74) is 4.43. The number of ether oxygens (including phenoxy) is 1. The number of aromatic amines is 1. The second-order valence-electron chi connectivity index (χ2n) is 7.63. The van der Waals surface area contributed by atoms with Crippen LogP contribution in [0.3, 0.4) is 0 Å². The molecule has 0 aliphatic rings. The number of carbonyl (C=O) groups is 1. The molecular formula is C26H25ClN4O2. The van der Waals surface area contributed by atoms with Gasteiger partial charge in [0.15, 0.2) is 0 Å². The van der Waals surface area contributed by atoms with Gasteiger partial charge in [0.05, 0.1) is 12.8 Å². The Hall–Kier alpha value is -3.77. The lowest BCUT2D eigenvalue weighted by Gasteiger charge is -2.15. The number of hydrogen-bond donors (Lipinski definition) is 3. The predicted octanol–water partition coefficient (Wildman–Crippen LogP) is 5.58. The molecule has 4 aromatic rings. The van der Waals surface area contributed by atoms with Crippen molar-refractivity contribution >= 4 is 40.1 Å². The van der Waals surface area contributed by atoms with E-state index in [-0.39, 0.29) is 5.91 Å². The van der Waals surface area contributed by atoms with Crippen LogP contribution >= 0.6 is 11.6 Å². The number of hydrogen-bond acceptors (Lipinski definition) is 3. The number of aromatic nitrogens is 1. The summed E-state index contributed by atoms with van der Waals surface area (Å²) in [5, 5.41) is 7.78. The van der Waals surface area contributed by atoms with Crippen molar-refractivity contribution in [3.63, 3.8) is 0 Å². The molecule has 0 atom stereocenters. The zero-order chi connectivity index (χ0) is 23.2. The number of fused-ring (bicyclic) bond motifs is 1. The zero-order valence-electron chi connectivity index (χ0n) is 18.5. The summed E-state index contributed by atoms with van der Waals surface area (Å²) >= 11 is 6.18. The van der Waals surface area contributed by atoms with E-state index in [4.69, 9.17) is 16.3 Å². The van der Waals surface area contributed by atoms with E-state index >= 15 is 0 Å². The largest absolute Gasteiger partial charge is 0.495 e. The molecule has 4 rings (SSSR count). The van der Waals surface area contributed by atoms with Gasteiger partial charge in [0.2, 0.25) is 5.96 Å². The Balaban J connectivity index is 1.57. The monoisotopic (exact) mass is 460 g/mol. The number of halogens is 1. The maximum Gasteiger partial charge on any atom is 0.257 e. The Bertz CT molecular complexity index is 1310. The fourth-order valence-corrected chi connectivity index (χ4v) is 3.78. The first-order chi connectivity index (χ1) is 16.0. The van der Waals surface area contributed by atoms with Crippen LogP contribution in [0.15, 0.2) is 77.9 Å². The number of benzene rings is 3. The van der Waals surface area contributed by atoms with Gasteiger partial charge in [-0.3, -0.25) is 15.1 Å². The topological polar surface area (TPSA) is 78.5 Å². The number of aliphatic imine (C=N–C) groups is 1. The molecular weight excluding hydrogens is 436 g/mol. The van der Waals surface area contributed by atoms with Crippen LogP contribution in [0, 0.1) is 6.92 Å². The van der Waals surface area contributed by atoms with Gasteiger partial charge in [0.25, 0.3) is 5.91 Å². The maximum atomic E-state index is 12.9. The summed E-state index contributed by atoms with van der Waals surface area (Å²) in [7, 11) is 1.58. The summed E-state index contributed by atoms with van der Waals surface area (Å²) in [6.45, 7) is 2.42. The number of methoxy groups -OCH3 is 1. The average molecular weight is 461 g/mol.